The molecule has 0 aliphatic carbocycles. The van der Waals surface area contributed by atoms with Crippen molar-refractivity contribution in [3.63, 3.8) is 0 Å². The van der Waals surface area contributed by atoms with Crippen molar-refractivity contribution in [1.82, 2.24) is 0 Å². The molecular formula is C9H14O2. The van der Waals surface area contributed by atoms with Crippen LogP contribution in [0.15, 0.2) is 25.5 Å². The lowest BCUT2D eigenvalue weighted by atomic mass is 9.90. The molecule has 0 rings (SSSR count). The Morgan fingerprint density at radius 3 is 2.45 bits per heavy atom. The summed E-state index contributed by atoms with van der Waals surface area (Å²) in [5.74, 6) is -0.271. The molecule has 2 heteroatoms. The highest BCUT2D eigenvalue weighted by Crippen LogP contribution is 2.22. The second-order valence-corrected chi connectivity index (χ2v) is 2.95. The standard InChI is InChI=1S/C9H14O2/c1-5-7-9(3,4)8(10)11-6-2/h5-6H,1-2,7H2,3-4H3. The fourth-order valence-electron chi connectivity index (χ4n) is 0.679. The number of hydrogen-bond donors (Lipinski definition) is 0. The average molecular weight is 154 g/mol. The SMILES string of the molecule is C=CCC(C)(C)C(=O)OC=C. The summed E-state index contributed by atoms with van der Waals surface area (Å²) in [6.07, 6.45) is 3.46. The first-order valence-electron chi connectivity index (χ1n) is 3.47. The van der Waals surface area contributed by atoms with E-state index in [4.69, 9.17) is 0 Å². The van der Waals surface area contributed by atoms with Gasteiger partial charge < -0.3 is 4.74 Å². The highest BCUT2D eigenvalue weighted by Gasteiger charge is 2.26. The number of rotatable bonds is 4. The third-order valence-corrected chi connectivity index (χ3v) is 1.40. The van der Waals surface area contributed by atoms with Gasteiger partial charge in [0.25, 0.3) is 0 Å². The number of allylic oxidation sites excluding steroid dienone is 1. The van der Waals surface area contributed by atoms with Crippen LogP contribution in [0.5, 0.6) is 0 Å². The van der Waals surface area contributed by atoms with Crippen LogP contribution in [-0.4, -0.2) is 5.97 Å². The summed E-state index contributed by atoms with van der Waals surface area (Å²) in [6, 6.07) is 0. The Morgan fingerprint density at radius 2 is 2.09 bits per heavy atom. The molecule has 0 aliphatic heterocycles. The van der Waals surface area contributed by atoms with E-state index in [1.165, 1.54) is 0 Å². The van der Waals surface area contributed by atoms with Gasteiger partial charge in [-0.2, -0.15) is 0 Å². The van der Waals surface area contributed by atoms with Crippen molar-refractivity contribution in [2.24, 2.45) is 5.41 Å². The van der Waals surface area contributed by atoms with Crippen molar-refractivity contribution >= 4 is 5.97 Å². The van der Waals surface area contributed by atoms with E-state index in [1.54, 1.807) is 19.9 Å². The van der Waals surface area contributed by atoms with Crippen LogP contribution in [0.1, 0.15) is 20.3 Å². The zero-order valence-electron chi connectivity index (χ0n) is 7.09. The van der Waals surface area contributed by atoms with Crippen LogP contribution in [0.3, 0.4) is 0 Å². The molecule has 0 aromatic heterocycles. The predicted octanol–water partition coefficient (Wildman–Crippen LogP) is 2.28. The highest BCUT2D eigenvalue weighted by molar-refractivity contribution is 5.76. The van der Waals surface area contributed by atoms with Gasteiger partial charge in [-0.3, -0.25) is 4.79 Å². The van der Waals surface area contributed by atoms with Gasteiger partial charge in [-0.1, -0.05) is 12.7 Å². The Morgan fingerprint density at radius 1 is 1.55 bits per heavy atom. The lowest BCUT2D eigenvalue weighted by molar-refractivity contribution is -0.147. The lowest BCUT2D eigenvalue weighted by Crippen LogP contribution is -2.24. The summed E-state index contributed by atoms with van der Waals surface area (Å²) in [5, 5.41) is 0. The third-order valence-electron chi connectivity index (χ3n) is 1.40. The van der Waals surface area contributed by atoms with Gasteiger partial charge in [0, 0.05) is 0 Å². The number of hydrogen-bond acceptors (Lipinski definition) is 2. The van der Waals surface area contributed by atoms with Gasteiger partial charge in [0.05, 0.1) is 11.7 Å². The van der Waals surface area contributed by atoms with Crippen molar-refractivity contribution < 1.29 is 9.53 Å². The molecule has 0 radical (unpaired) electrons. The van der Waals surface area contributed by atoms with E-state index in [0.29, 0.717) is 6.42 Å². The molecule has 11 heavy (non-hydrogen) atoms. The second-order valence-electron chi connectivity index (χ2n) is 2.95. The maximum Gasteiger partial charge on any atom is 0.316 e. The van der Waals surface area contributed by atoms with Crippen LogP contribution in [-0.2, 0) is 9.53 Å². The van der Waals surface area contributed by atoms with Crippen LogP contribution in [0, 0.1) is 5.41 Å². The third kappa shape index (κ3) is 3.03. The minimum Gasteiger partial charge on any atom is -0.435 e. The fourth-order valence-corrected chi connectivity index (χ4v) is 0.679. The summed E-state index contributed by atoms with van der Waals surface area (Å²) in [7, 11) is 0. The molecule has 0 spiro atoms. The zero-order chi connectivity index (χ0) is 8.91. The number of esters is 1. The Balaban J connectivity index is 4.15. The topological polar surface area (TPSA) is 26.3 Å². The molecule has 0 saturated heterocycles. The first-order valence-corrected chi connectivity index (χ1v) is 3.47. The van der Waals surface area contributed by atoms with E-state index >= 15 is 0 Å². The van der Waals surface area contributed by atoms with E-state index in [0.717, 1.165) is 6.26 Å². The van der Waals surface area contributed by atoms with Gasteiger partial charge >= 0.3 is 5.97 Å². The van der Waals surface area contributed by atoms with Crippen LogP contribution >= 0.6 is 0 Å². The molecular weight excluding hydrogens is 140 g/mol. The molecule has 62 valence electrons. The molecule has 0 amide bonds. The van der Waals surface area contributed by atoms with Gasteiger partial charge in [-0.25, -0.2) is 0 Å². The monoisotopic (exact) mass is 154 g/mol. The molecule has 2 nitrogen and oxygen atoms in total. The molecule has 0 heterocycles. The van der Waals surface area contributed by atoms with Gasteiger partial charge in [0.15, 0.2) is 0 Å². The minimum atomic E-state index is -0.490. The summed E-state index contributed by atoms with van der Waals surface area (Å²) in [6.45, 7) is 10.5. The molecule has 0 aromatic rings. The van der Waals surface area contributed by atoms with Crippen LogP contribution in [0.25, 0.3) is 0 Å². The number of carbonyl (C=O) groups excluding carboxylic acids is 1. The Bertz CT molecular complexity index is 168. The molecule has 0 saturated carbocycles. The minimum absolute atomic E-state index is 0.271. The van der Waals surface area contributed by atoms with Gasteiger partial charge in [-0.05, 0) is 20.3 Å². The maximum atomic E-state index is 11.1. The van der Waals surface area contributed by atoms with E-state index in [2.05, 4.69) is 17.9 Å². The molecule has 0 unspecified atom stereocenters. The Hall–Kier alpha value is -1.05. The van der Waals surface area contributed by atoms with E-state index in [1.807, 2.05) is 0 Å². The van der Waals surface area contributed by atoms with Crippen molar-refractivity contribution in [2.75, 3.05) is 0 Å². The van der Waals surface area contributed by atoms with E-state index in [-0.39, 0.29) is 5.97 Å². The van der Waals surface area contributed by atoms with Crippen LogP contribution in [0.2, 0.25) is 0 Å². The second kappa shape index (κ2) is 3.96. The first-order chi connectivity index (χ1) is 5.04. The number of carbonyl (C=O) groups is 1. The van der Waals surface area contributed by atoms with Gasteiger partial charge in [0.2, 0.25) is 0 Å². The summed E-state index contributed by atoms with van der Waals surface area (Å²) < 4.78 is 4.64. The summed E-state index contributed by atoms with van der Waals surface area (Å²) in [5.41, 5.74) is -0.490. The molecule has 0 aromatic carbocycles. The highest BCUT2D eigenvalue weighted by atomic mass is 16.5. The fraction of sp³-hybridized carbons (Fsp3) is 0.444. The summed E-state index contributed by atoms with van der Waals surface area (Å²) >= 11 is 0. The predicted molar refractivity (Wildman–Crippen MR) is 44.9 cm³/mol. The van der Waals surface area contributed by atoms with Crippen molar-refractivity contribution in [2.45, 2.75) is 20.3 Å². The lowest BCUT2D eigenvalue weighted by Gasteiger charge is -2.18. The molecule has 0 aliphatic rings. The molecule has 0 atom stereocenters. The maximum absolute atomic E-state index is 11.1. The van der Waals surface area contributed by atoms with Crippen molar-refractivity contribution in [3.05, 3.63) is 25.5 Å². The van der Waals surface area contributed by atoms with Crippen molar-refractivity contribution in [1.29, 1.82) is 0 Å². The Labute approximate surface area is 67.6 Å². The quantitative estimate of drug-likeness (QED) is 0.353. The number of ether oxygens (including phenoxy) is 1. The van der Waals surface area contributed by atoms with Crippen LogP contribution < -0.4 is 0 Å². The van der Waals surface area contributed by atoms with Crippen molar-refractivity contribution in [3.8, 4) is 0 Å². The smallest absolute Gasteiger partial charge is 0.316 e. The van der Waals surface area contributed by atoms with Gasteiger partial charge in [-0.15, -0.1) is 6.58 Å². The molecule has 0 bridgehead atoms. The zero-order valence-corrected chi connectivity index (χ0v) is 7.09. The van der Waals surface area contributed by atoms with E-state index < -0.39 is 5.41 Å². The van der Waals surface area contributed by atoms with Crippen LogP contribution in [0.4, 0.5) is 0 Å². The average Bonchev–Trinajstić information content (AvgIpc) is 1.88. The summed E-state index contributed by atoms with van der Waals surface area (Å²) in [4.78, 5) is 11.1. The Kier molecular flexibility index (Phi) is 3.58. The largest absolute Gasteiger partial charge is 0.435 e. The van der Waals surface area contributed by atoms with Gasteiger partial charge in [0.1, 0.15) is 0 Å². The molecule has 0 N–H and O–H groups in total. The first kappa shape index (κ1) is 9.95. The molecule has 0 fully saturated rings. The van der Waals surface area contributed by atoms with E-state index in [9.17, 15) is 4.79 Å². The normalized spacial score (nSPS) is 10.4.